The molecule has 0 N–H and O–H groups in total. The van der Waals surface area contributed by atoms with Gasteiger partial charge in [0.25, 0.3) is 5.91 Å². The van der Waals surface area contributed by atoms with Crippen LogP contribution in [0.3, 0.4) is 0 Å². The zero-order valence-corrected chi connectivity index (χ0v) is 14.2. The average Bonchev–Trinajstić information content (AvgIpc) is 2.91. The monoisotopic (exact) mass is 340 g/mol. The van der Waals surface area contributed by atoms with E-state index in [4.69, 9.17) is 9.47 Å². The predicted molar refractivity (Wildman–Crippen MR) is 92.9 cm³/mol. The first kappa shape index (κ1) is 15.0. The van der Waals surface area contributed by atoms with Crippen molar-refractivity contribution in [2.24, 2.45) is 12.0 Å². The highest BCUT2D eigenvalue weighted by Gasteiger charge is 2.15. The number of rotatable bonds is 1. The molecule has 0 saturated heterocycles. The summed E-state index contributed by atoms with van der Waals surface area (Å²) in [5, 5.41) is 0. The molecule has 2 aromatic carbocycles. The fourth-order valence-electron chi connectivity index (χ4n) is 2.83. The van der Waals surface area contributed by atoms with Crippen molar-refractivity contribution < 1.29 is 14.3 Å². The Bertz CT molecular complexity index is 1020. The van der Waals surface area contributed by atoms with Crippen LogP contribution in [0.2, 0.25) is 0 Å². The van der Waals surface area contributed by atoms with Gasteiger partial charge in [-0.25, -0.2) is 0 Å². The molecule has 0 spiro atoms. The molecule has 1 aromatic heterocycles. The Kier molecular flexibility index (Phi) is 3.61. The molecule has 0 unspecified atom stereocenters. The lowest BCUT2D eigenvalue weighted by Crippen LogP contribution is -2.16. The summed E-state index contributed by atoms with van der Waals surface area (Å²) in [5.74, 6) is 0.978. The van der Waals surface area contributed by atoms with Crippen LogP contribution < -0.4 is 14.3 Å². The molecule has 0 radical (unpaired) electrons. The van der Waals surface area contributed by atoms with Crippen LogP contribution in [0.5, 0.6) is 11.5 Å². The number of carbonyl (C=O) groups is 1. The molecule has 0 bridgehead atoms. The number of fused-ring (bicyclic) bond motifs is 2. The molecule has 0 atom stereocenters. The van der Waals surface area contributed by atoms with E-state index in [1.807, 2.05) is 23.7 Å². The maximum Gasteiger partial charge on any atom is 0.279 e. The van der Waals surface area contributed by atoms with Crippen LogP contribution in [0.25, 0.3) is 10.2 Å². The molecule has 0 fully saturated rings. The maximum absolute atomic E-state index is 12.5. The van der Waals surface area contributed by atoms with Gasteiger partial charge in [0, 0.05) is 12.6 Å². The fraction of sp³-hybridized carbons (Fsp3) is 0.222. The summed E-state index contributed by atoms with van der Waals surface area (Å²) in [7, 11) is 1.93. The molecule has 24 heavy (non-hydrogen) atoms. The standard InChI is InChI=1S/C18H16N2O3S/c1-11-4-3-5-15-16(11)20(2)18(24-15)19-17(21)12-6-7-13-14(10-12)23-9-8-22-13/h3-7,10H,8-9H2,1-2H3. The molecule has 0 aliphatic carbocycles. The molecule has 6 heteroatoms. The number of benzene rings is 2. The summed E-state index contributed by atoms with van der Waals surface area (Å²) < 4.78 is 14.1. The van der Waals surface area contributed by atoms with Crippen LogP contribution in [-0.2, 0) is 7.05 Å². The van der Waals surface area contributed by atoms with E-state index in [1.165, 1.54) is 16.9 Å². The highest BCUT2D eigenvalue weighted by Crippen LogP contribution is 2.31. The lowest BCUT2D eigenvalue weighted by Gasteiger charge is -2.18. The number of carbonyl (C=O) groups excluding carboxylic acids is 1. The number of aryl methyl sites for hydroxylation is 2. The summed E-state index contributed by atoms with van der Waals surface area (Å²) in [6, 6.07) is 11.3. The topological polar surface area (TPSA) is 52.8 Å². The lowest BCUT2D eigenvalue weighted by molar-refractivity contribution is 0.0996. The Morgan fingerprint density at radius 3 is 2.75 bits per heavy atom. The Morgan fingerprint density at radius 2 is 1.96 bits per heavy atom. The van der Waals surface area contributed by atoms with E-state index in [0.717, 1.165) is 10.2 Å². The summed E-state index contributed by atoms with van der Waals surface area (Å²) in [6.07, 6.45) is 0. The van der Waals surface area contributed by atoms with E-state index in [1.54, 1.807) is 18.2 Å². The predicted octanol–water partition coefficient (Wildman–Crippen LogP) is 3.06. The number of ether oxygens (including phenoxy) is 2. The van der Waals surface area contributed by atoms with Crippen molar-refractivity contribution in [3.63, 3.8) is 0 Å². The third kappa shape index (κ3) is 2.49. The quantitative estimate of drug-likeness (QED) is 0.684. The highest BCUT2D eigenvalue weighted by atomic mass is 32.1. The molecule has 2 heterocycles. The number of aromatic nitrogens is 1. The van der Waals surface area contributed by atoms with Gasteiger partial charge in [0.1, 0.15) is 13.2 Å². The minimum absolute atomic E-state index is 0.285. The van der Waals surface area contributed by atoms with E-state index in [9.17, 15) is 4.79 Å². The van der Waals surface area contributed by atoms with Crippen molar-refractivity contribution in [1.29, 1.82) is 0 Å². The smallest absolute Gasteiger partial charge is 0.279 e. The van der Waals surface area contributed by atoms with E-state index < -0.39 is 0 Å². The number of hydrogen-bond acceptors (Lipinski definition) is 4. The van der Waals surface area contributed by atoms with Gasteiger partial charge in [-0.1, -0.05) is 23.5 Å². The van der Waals surface area contributed by atoms with Crippen molar-refractivity contribution in [3.8, 4) is 11.5 Å². The highest BCUT2D eigenvalue weighted by molar-refractivity contribution is 7.16. The third-order valence-electron chi connectivity index (χ3n) is 4.01. The number of para-hydroxylation sites is 1. The van der Waals surface area contributed by atoms with Gasteiger partial charge in [0.15, 0.2) is 16.3 Å². The largest absolute Gasteiger partial charge is 0.486 e. The van der Waals surface area contributed by atoms with Crippen molar-refractivity contribution in [2.45, 2.75) is 6.92 Å². The number of amides is 1. The molecule has 1 aliphatic heterocycles. The summed E-state index contributed by atoms with van der Waals surface area (Å²) in [4.78, 5) is 17.5. The molecule has 5 nitrogen and oxygen atoms in total. The second kappa shape index (κ2) is 5.79. The molecular formula is C18H16N2O3S. The van der Waals surface area contributed by atoms with Crippen LogP contribution in [0.1, 0.15) is 15.9 Å². The minimum Gasteiger partial charge on any atom is -0.486 e. The first-order valence-corrected chi connectivity index (χ1v) is 8.49. The Morgan fingerprint density at radius 1 is 1.17 bits per heavy atom. The zero-order valence-electron chi connectivity index (χ0n) is 13.4. The third-order valence-corrected chi connectivity index (χ3v) is 5.11. The van der Waals surface area contributed by atoms with Crippen molar-refractivity contribution >= 4 is 27.5 Å². The van der Waals surface area contributed by atoms with Gasteiger partial charge in [-0.05, 0) is 36.8 Å². The van der Waals surface area contributed by atoms with Crippen molar-refractivity contribution in [2.75, 3.05) is 13.2 Å². The normalized spacial score (nSPS) is 14.2. The van der Waals surface area contributed by atoms with Crippen LogP contribution >= 0.6 is 11.3 Å². The molecule has 0 saturated carbocycles. The first-order valence-electron chi connectivity index (χ1n) is 7.67. The summed E-state index contributed by atoms with van der Waals surface area (Å²) >= 11 is 1.51. The fourth-order valence-corrected chi connectivity index (χ4v) is 3.93. The minimum atomic E-state index is -0.285. The van der Waals surface area contributed by atoms with Crippen LogP contribution in [-0.4, -0.2) is 23.7 Å². The van der Waals surface area contributed by atoms with Crippen LogP contribution in [0, 0.1) is 6.92 Å². The second-order valence-corrected chi connectivity index (χ2v) is 6.65. The first-order chi connectivity index (χ1) is 11.6. The van der Waals surface area contributed by atoms with E-state index in [2.05, 4.69) is 18.0 Å². The Balaban J connectivity index is 1.77. The SMILES string of the molecule is Cc1cccc2sc(=NC(=O)c3ccc4c(c3)OCCO4)n(C)c12. The van der Waals surface area contributed by atoms with Crippen molar-refractivity contribution in [3.05, 3.63) is 52.3 Å². The average molecular weight is 340 g/mol. The van der Waals surface area contributed by atoms with Gasteiger partial charge in [-0.15, -0.1) is 0 Å². The molecular weight excluding hydrogens is 324 g/mol. The van der Waals surface area contributed by atoms with Gasteiger partial charge in [-0.2, -0.15) is 4.99 Å². The van der Waals surface area contributed by atoms with E-state index >= 15 is 0 Å². The van der Waals surface area contributed by atoms with Gasteiger partial charge >= 0.3 is 0 Å². The second-order valence-electron chi connectivity index (χ2n) is 5.64. The zero-order chi connectivity index (χ0) is 16.7. The molecule has 122 valence electrons. The van der Waals surface area contributed by atoms with E-state index in [0.29, 0.717) is 35.1 Å². The molecule has 1 aliphatic rings. The molecule has 1 amide bonds. The van der Waals surface area contributed by atoms with Gasteiger partial charge in [-0.3, -0.25) is 4.79 Å². The lowest BCUT2D eigenvalue weighted by atomic mass is 10.2. The van der Waals surface area contributed by atoms with Gasteiger partial charge < -0.3 is 14.0 Å². The van der Waals surface area contributed by atoms with Gasteiger partial charge in [0.05, 0.1) is 10.2 Å². The van der Waals surface area contributed by atoms with Crippen LogP contribution in [0.4, 0.5) is 0 Å². The number of nitrogens with zero attached hydrogens (tertiary/aromatic N) is 2. The van der Waals surface area contributed by atoms with Crippen LogP contribution in [0.15, 0.2) is 41.4 Å². The summed E-state index contributed by atoms with van der Waals surface area (Å²) in [5.41, 5.74) is 2.77. The van der Waals surface area contributed by atoms with Crippen molar-refractivity contribution in [1.82, 2.24) is 4.57 Å². The number of thiazole rings is 1. The Labute approximate surface area is 142 Å². The van der Waals surface area contributed by atoms with E-state index in [-0.39, 0.29) is 5.91 Å². The summed E-state index contributed by atoms with van der Waals surface area (Å²) in [6.45, 7) is 3.08. The Hall–Kier alpha value is -2.60. The number of hydrogen-bond donors (Lipinski definition) is 0. The maximum atomic E-state index is 12.5. The molecule has 4 rings (SSSR count). The van der Waals surface area contributed by atoms with Gasteiger partial charge in [0.2, 0.25) is 0 Å². The molecule has 3 aromatic rings.